The summed E-state index contributed by atoms with van der Waals surface area (Å²) in [5.41, 5.74) is 3.63. The van der Waals surface area contributed by atoms with Gasteiger partial charge >= 0.3 is 24.8 Å². The third kappa shape index (κ3) is 2.68. The maximum absolute atomic E-state index is 11.2. The zero-order valence-corrected chi connectivity index (χ0v) is 8.98. The van der Waals surface area contributed by atoms with Crippen molar-refractivity contribution in [1.82, 2.24) is 0 Å². The van der Waals surface area contributed by atoms with Crippen LogP contribution < -0.4 is 29.7 Å². The number of nitrogen functional groups attached to an aromatic ring is 1. The van der Waals surface area contributed by atoms with E-state index in [1.165, 1.54) is 0 Å². The van der Waals surface area contributed by atoms with Gasteiger partial charge in [0.2, 0.25) is 0 Å². The van der Waals surface area contributed by atoms with Crippen molar-refractivity contribution in [1.29, 1.82) is 0 Å². The minimum absolute atomic E-state index is 0. The van der Waals surface area contributed by atoms with E-state index >= 15 is 0 Å². The Morgan fingerprint density at radius 3 is 2.25 bits per heavy atom. The molecule has 0 saturated carbocycles. The first-order chi connectivity index (χ1) is 6.75. The molecule has 0 aliphatic carbocycles. The summed E-state index contributed by atoms with van der Waals surface area (Å²) in [6, 6.07) is 1.53. The standard InChI is InChI=1S/C7H7NO6S.Li/c8-5-4(15(12,13)14)2-1-3(6(5)9)7(10)11;/h1-2,9H,8H2,(H,10,11)(H,12,13,14);/q;+1/p-1. The van der Waals surface area contributed by atoms with Crippen molar-refractivity contribution in [3.63, 3.8) is 0 Å². The number of carboxylic acids is 1. The zero-order chi connectivity index (χ0) is 11.8. The molecule has 0 aromatic heterocycles. The van der Waals surface area contributed by atoms with Gasteiger partial charge in [0, 0.05) is 5.69 Å². The van der Waals surface area contributed by atoms with E-state index in [-0.39, 0.29) is 18.9 Å². The first kappa shape index (κ1) is 14.8. The molecule has 0 spiro atoms. The number of hydrogen-bond acceptors (Lipinski definition) is 5. The van der Waals surface area contributed by atoms with Gasteiger partial charge in [0.15, 0.2) is 0 Å². The predicted octanol–water partition coefficient (Wildman–Crippen LogP) is -3.71. The van der Waals surface area contributed by atoms with Crippen molar-refractivity contribution in [2.45, 2.75) is 4.90 Å². The number of carboxylic acid groups (broad SMARTS) is 1. The van der Waals surface area contributed by atoms with Gasteiger partial charge in [-0.25, -0.2) is 4.79 Å². The SMILES string of the molecule is Nc1c(S(=O)(=O)O)ccc(C(=O)O)c1[O-].[Li+]. The second-order valence-corrected chi connectivity index (χ2v) is 4.02. The van der Waals surface area contributed by atoms with Crippen LogP contribution in [0, 0.1) is 0 Å². The van der Waals surface area contributed by atoms with Crippen molar-refractivity contribution in [2.24, 2.45) is 0 Å². The molecule has 0 aliphatic heterocycles. The normalized spacial score (nSPS) is 10.6. The fourth-order valence-corrected chi connectivity index (χ4v) is 1.59. The average Bonchev–Trinajstić information content (AvgIpc) is 2.06. The first-order valence-corrected chi connectivity index (χ1v) is 4.99. The number of nitrogens with two attached hydrogens (primary N) is 1. The average molecular weight is 239 g/mol. The van der Waals surface area contributed by atoms with Gasteiger partial charge in [-0.3, -0.25) is 4.55 Å². The second kappa shape index (κ2) is 4.76. The Morgan fingerprint density at radius 1 is 1.38 bits per heavy atom. The smallest absolute Gasteiger partial charge is 0.870 e. The third-order valence-electron chi connectivity index (χ3n) is 1.66. The van der Waals surface area contributed by atoms with Crippen LogP contribution in [0.1, 0.15) is 10.4 Å². The molecule has 0 bridgehead atoms. The fourth-order valence-electron chi connectivity index (χ4n) is 0.975. The Labute approximate surface area is 103 Å². The summed E-state index contributed by atoms with van der Waals surface area (Å²) in [6.07, 6.45) is 0. The number of hydrogen-bond donors (Lipinski definition) is 3. The van der Waals surface area contributed by atoms with E-state index in [1.54, 1.807) is 0 Å². The summed E-state index contributed by atoms with van der Waals surface area (Å²) < 4.78 is 30.0. The van der Waals surface area contributed by atoms with Gasteiger partial charge in [0.05, 0.1) is 5.56 Å². The van der Waals surface area contributed by atoms with Crippen LogP contribution in [0.5, 0.6) is 5.75 Å². The molecule has 1 aromatic carbocycles. The Morgan fingerprint density at radius 2 is 1.88 bits per heavy atom. The van der Waals surface area contributed by atoms with Gasteiger partial charge in [-0.05, 0) is 12.1 Å². The van der Waals surface area contributed by atoms with Crippen LogP contribution in [0.15, 0.2) is 17.0 Å². The van der Waals surface area contributed by atoms with Crippen molar-refractivity contribution >= 4 is 21.8 Å². The molecule has 4 N–H and O–H groups in total. The number of benzene rings is 1. The van der Waals surface area contributed by atoms with E-state index < -0.39 is 38.0 Å². The molecule has 0 atom stereocenters. The molecule has 0 heterocycles. The summed E-state index contributed by atoms with van der Waals surface area (Å²) in [6.45, 7) is 0. The van der Waals surface area contributed by atoms with Crippen LogP contribution in [0.4, 0.5) is 5.69 Å². The summed E-state index contributed by atoms with van der Waals surface area (Å²) in [7, 11) is -4.62. The molecule has 1 rings (SSSR count). The maximum atomic E-state index is 11.2. The Hall–Kier alpha value is -1.20. The summed E-state index contributed by atoms with van der Waals surface area (Å²) in [5, 5.41) is 19.7. The van der Waals surface area contributed by atoms with Crippen LogP contribution in [-0.4, -0.2) is 24.0 Å². The summed E-state index contributed by atoms with van der Waals surface area (Å²) in [5.74, 6) is -2.66. The van der Waals surface area contributed by atoms with Gasteiger partial charge in [0.25, 0.3) is 10.1 Å². The van der Waals surface area contributed by atoms with Gasteiger partial charge in [0.1, 0.15) is 4.90 Å². The number of rotatable bonds is 2. The molecule has 0 amide bonds. The second-order valence-electron chi connectivity index (χ2n) is 2.63. The monoisotopic (exact) mass is 239 g/mol. The van der Waals surface area contributed by atoms with E-state index in [1.807, 2.05) is 0 Å². The topological polar surface area (TPSA) is 141 Å². The number of carbonyl (C=O) groups is 1. The number of aromatic carboxylic acids is 1. The molecular weight excluding hydrogens is 233 g/mol. The van der Waals surface area contributed by atoms with E-state index in [0.717, 1.165) is 12.1 Å². The quantitative estimate of drug-likeness (QED) is 0.274. The largest absolute Gasteiger partial charge is 1.00 e. The third-order valence-corrected chi connectivity index (χ3v) is 2.58. The van der Waals surface area contributed by atoms with Crippen LogP contribution in [-0.2, 0) is 10.1 Å². The minimum atomic E-state index is -4.62. The van der Waals surface area contributed by atoms with Crippen molar-refractivity contribution < 1.29 is 46.8 Å². The van der Waals surface area contributed by atoms with Gasteiger partial charge in [-0.2, -0.15) is 8.42 Å². The van der Waals surface area contributed by atoms with Gasteiger partial charge in [-0.1, -0.05) is 5.75 Å². The molecule has 7 nitrogen and oxygen atoms in total. The molecule has 0 aliphatic rings. The zero-order valence-electron chi connectivity index (χ0n) is 8.17. The Balaban J connectivity index is 0.00000225. The Kier molecular flexibility index (Phi) is 4.40. The molecule has 1 aromatic rings. The van der Waals surface area contributed by atoms with E-state index in [4.69, 9.17) is 15.4 Å². The van der Waals surface area contributed by atoms with E-state index in [0.29, 0.717) is 0 Å². The molecule has 0 fully saturated rings. The molecule has 0 saturated heterocycles. The van der Waals surface area contributed by atoms with Crippen LogP contribution in [0.3, 0.4) is 0 Å². The molecule has 16 heavy (non-hydrogen) atoms. The molecule has 82 valence electrons. The molecule has 9 heteroatoms. The summed E-state index contributed by atoms with van der Waals surface area (Å²) >= 11 is 0. The molecule has 0 radical (unpaired) electrons. The molecular formula is C7H6LiNO6S. The molecule has 0 unspecified atom stereocenters. The fraction of sp³-hybridized carbons (Fsp3) is 0. The van der Waals surface area contributed by atoms with Crippen LogP contribution in [0.2, 0.25) is 0 Å². The maximum Gasteiger partial charge on any atom is 1.00 e. The summed E-state index contributed by atoms with van der Waals surface area (Å²) in [4.78, 5) is 9.67. The minimum Gasteiger partial charge on any atom is -0.870 e. The van der Waals surface area contributed by atoms with Crippen LogP contribution in [0.25, 0.3) is 0 Å². The van der Waals surface area contributed by atoms with Crippen LogP contribution >= 0.6 is 0 Å². The van der Waals surface area contributed by atoms with Crippen molar-refractivity contribution in [3.8, 4) is 5.75 Å². The van der Waals surface area contributed by atoms with Gasteiger partial charge in [-0.15, -0.1) is 0 Å². The van der Waals surface area contributed by atoms with E-state index in [2.05, 4.69) is 0 Å². The number of anilines is 1. The predicted molar refractivity (Wildman–Crippen MR) is 47.1 cm³/mol. The van der Waals surface area contributed by atoms with E-state index in [9.17, 15) is 18.3 Å². The van der Waals surface area contributed by atoms with Crippen molar-refractivity contribution in [2.75, 3.05) is 5.73 Å². The van der Waals surface area contributed by atoms with Crippen molar-refractivity contribution in [3.05, 3.63) is 17.7 Å². The first-order valence-electron chi connectivity index (χ1n) is 3.55. The van der Waals surface area contributed by atoms with Gasteiger partial charge < -0.3 is 15.9 Å². The Bertz CT molecular complexity index is 526.